The Morgan fingerprint density at radius 1 is 0.704 bits per heavy atom. The number of nitrogens with one attached hydrogen (secondary N) is 9. The minimum atomic E-state index is -1.56. The molecule has 0 radical (unpaired) electrons. The first-order valence-corrected chi connectivity index (χ1v) is 24.9. The number of carbonyl (C=O) groups excluding carboxylic acids is 8. The summed E-state index contributed by atoms with van der Waals surface area (Å²) >= 11 is 0. The predicted octanol–water partition coefficient (Wildman–Crippen LogP) is -1.87. The number of amides is 8. The molecular weight excluding hydrogens is 961 g/mol. The monoisotopic (exact) mass is 1020 g/mol. The van der Waals surface area contributed by atoms with Gasteiger partial charge in [-0.25, -0.2) is 4.98 Å². The van der Waals surface area contributed by atoms with Gasteiger partial charge in [-0.15, -0.1) is 0 Å². The van der Waals surface area contributed by atoms with Gasteiger partial charge >= 0.3 is 5.97 Å². The van der Waals surface area contributed by atoms with Gasteiger partial charge in [0.05, 0.1) is 6.33 Å². The number of para-hydroxylation sites is 1. The number of aromatic nitrogens is 3. The molecule has 26 heteroatoms. The molecule has 1 aliphatic rings. The molecule has 4 aromatic rings. The van der Waals surface area contributed by atoms with Gasteiger partial charge in [0, 0.05) is 79.6 Å². The summed E-state index contributed by atoms with van der Waals surface area (Å²) in [5.41, 5.74) is 19.2. The van der Waals surface area contributed by atoms with Crippen LogP contribution in [-0.2, 0) is 62.4 Å². The molecule has 0 unspecified atom stereocenters. The summed E-state index contributed by atoms with van der Waals surface area (Å²) in [6, 6.07) is 6.05. The number of rotatable bonds is 15. The zero-order chi connectivity index (χ0) is 51.5. The largest absolute Gasteiger partial charge is 0.481 e. The lowest BCUT2D eigenvalue weighted by Crippen LogP contribution is -2.61. The summed E-state index contributed by atoms with van der Waals surface area (Å²) in [6.45, 7) is 1.21. The lowest BCUT2D eigenvalue weighted by Gasteiger charge is -2.28. The maximum absolute atomic E-state index is 14.6. The summed E-state index contributed by atoms with van der Waals surface area (Å²) in [5.74, 6) is -8.55. The second kappa shape index (κ2) is 27.0. The van der Waals surface area contributed by atoms with Gasteiger partial charge in [0.2, 0.25) is 47.3 Å². The van der Waals surface area contributed by atoms with Crippen molar-refractivity contribution in [1.82, 2.24) is 52.2 Å². The number of carbonyl (C=O) groups is 9. The van der Waals surface area contributed by atoms with Gasteiger partial charge in [-0.1, -0.05) is 70.1 Å². The number of hydrogen-bond donors (Lipinski definition) is 13. The Kier molecular flexibility index (Phi) is 20.6. The van der Waals surface area contributed by atoms with E-state index >= 15 is 0 Å². The van der Waals surface area contributed by atoms with E-state index in [0.29, 0.717) is 16.8 Å². The van der Waals surface area contributed by atoms with E-state index in [9.17, 15) is 48.3 Å². The number of benzene rings is 2. The van der Waals surface area contributed by atoms with Crippen LogP contribution in [0.5, 0.6) is 0 Å². The number of primary amides is 1. The molecule has 2 aromatic carbocycles. The second-order valence-electron chi connectivity index (χ2n) is 16.5. The van der Waals surface area contributed by atoms with E-state index in [4.69, 9.17) is 17.2 Å². The van der Waals surface area contributed by atoms with Crippen LogP contribution >= 0.6 is 21.6 Å². The van der Waals surface area contributed by atoms with Crippen molar-refractivity contribution in [3.63, 3.8) is 0 Å². The lowest BCUT2D eigenvalue weighted by molar-refractivity contribution is -0.138. The maximum Gasteiger partial charge on any atom is 0.303 e. The fraction of sp³-hybridized carbons (Fsp3) is 0.400. The molecule has 3 heterocycles. The van der Waals surface area contributed by atoms with Gasteiger partial charge < -0.3 is 69.5 Å². The van der Waals surface area contributed by atoms with Gasteiger partial charge in [0.25, 0.3) is 0 Å². The maximum atomic E-state index is 14.6. The Morgan fingerprint density at radius 2 is 1.28 bits per heavy atom. The number of fused-ring (bicyclic) bond motifs is 1. The van der Waals surface area contributed by atoms with Crippen LogP contribution in [0, 0.1) is 0 Å². The van der Waals surface area contributed by atoms with Crippen molar-refractivity contribution in [1.29, 1.82) is 0 Å². The molecule has 1 aliphatic heterocycles. The molecule has 1 saturated heterocycles. The Hall–Kier alpha value is -7.61. The molecule has 0 bridgehead atoms. The number of H-pyrrole nitrogens is 2. The zero-order valence-corrected chi connectivity index (χ0v) is 40.2. The van der Waals surface area contributed by atoms with E-state index in [1.165, 1.54) is 12.5 Å². The molecule has 7 atom stereocenters. The Bertz CT molecular complexity index is 2540. The smallest absolute Gasteiger partial charge is 0.303 e. The van der Waals surface area contributed by atoms with E-state index in [1.54, 1.807) is 42.6 Å². The molecule has 0 saturated carbocycles. The Balaban J connectivity index is 1.58. The predicted molar refractivity (Wildman–Crippen MR) is 265 cm³/mol. The zero-order valence-electron chi connectivity index (χ0n) is 38.6. The van der Waals surface area contributed by atoms with Gasteiger partial charge in [-0.05, 0) is 36.5 Å². The fourth-order valence-corrected chi connectivity index (χ4v) is 9.75. The van der Waals surface area contributed by atoms with Crippen LogP contribution in [-0.4, -0.2) is 140 Å². The molecule has 380 valence electrons. The van der Waals surface area contributed by atoms with Crippen LogP contribution in [0.4, 0.5) is 0 Å². The van der Waals surface area contributed by atoms with Crippen molar-refractivity contribution in [2.45, 2.75) is 94.2 Å². The highest BCUT2D eigenvalue weighted by Crippen LogP contribution is 2.24. The van der Waals surface area contributed by atoms with Crippen molar-refractivity contribution >= 4 is 91.7 Å². The van der Waals surface area contributed by atoms with Crippen LogP contribution in [0.15, 0.2) is 78.3 Å². The summed E-state index contributed by atoms with van der Waals surface area (Å²) < 4.78 is 0. The molecule has 0 spiro atoms. The van der Waals surface area contributed by atoms with Crippen LogP contribution in [0.3, 0.4) is 0 Å². The number of guanidine groups is 1. The van der Waals surface area contributed by atoms with Gasteiger partial charge in [-0.3, -0.25) is 48.1 Å². The van der Waals surface area contributed by atoms with E-state index < -0.39 is 108 Å². The molecular formula is C45H58N14O10S2. The number of nitrogens with two attached hydrogens (primary N) is 3. The van der Waals surface area contributed by atoms with Crippen molar-refractivity contribution < 1.29 is 48.3 Å². The first-order chi connectivity index (χ1) is 34.0. The third-order valence-corrected chi connectivity index (χ3v) is 13.4. The fourth-order valence-electron chi connectivity index (χ4n) is 7.41. The number of carboxylic acids is 1. The first-order valence-electron chi connectivity index (χ1n) is 22.4. The van der Waals surface area contributed by atoms with E-state index in [-0.39, 0.29) is 56.1 Å². The van der Waals surface area contributed by atoms with Crippen LogP contribution < -0.4 is 54.4 Å². The van der Waals surface area contributed by atoms with Crippen LogP contribution in [0.2, 0.25) is 0 Å². The third kappa shape index (κ3) is 17.4. The topological polar surface area (TPSA) is 393 Å². The SMILES string of the molecule is CC(=O)N[C@H]1CSSC[C@@H](C(N)=O)NC(=O)[C@H](Cc2c[nH]c3ccccc23)NC(=O)[C@@H](CCCN=C(N)N)NC(=O)[C@H](Cc2ccccc2)NC(=O)[C@@H](Cc2cnc[nH]2)NC(=O)[C@H](CCC(=O)O)NC1=O. The number of hydrogen-bond acceptors (Lipinski definition) is 13. The number of imidazole rings is 1. The number of nitrogens with zero attached hydrogens (tertiary/aromatic N) is 2. The van der Waals surface area contributed by atoms with E-state index in [0.717, 1.165) is 39.4 Å². The highest BCUT2D eigenvalue weighted by molar-refractivity contribution is 8.76. The minimum absolute atomic E-state index is 0.0514. The molecule has 16 N–H and O–H groups in total. The van der Waals surface area contributed by atoms with Crippen molar-refractivity contribution in [3.8, 4) is 0 Å². The van der Waals surface area contributed by atoms with E-state index in [1.807, 2.05) is 18.2 Å². The number of carboxylic acid groups (broad SMARTS) is 1. The number of aliphatic imine (C=N–C) groups is 1. The van der Waals surface area contributed by atoms with Crippen LogP contribution in [0.25, 0.3) is 10.9 Å². The number of aromatic amines is 2. The van der Waals surface area contributed by atoms with Crippen molar-refractivity contribution in [3.05, 3.63) is 90.1 Å². The molecule has 5 rings (SSSR count). The highest BCUT2D eigenvalue weighted by Gasteiger charge is 2.35. The lowest BCUT2D eigenvalue weighted by atomic mass is 10.0. The Labute approximate surface area is 415 Å². The molecule has 8 amide bonds. The molecule has 2 aromatic heterocycles. The molecule has 0 aliphatic carbocycles. The molecule has 71 heavy (non-hydrogen) atoms. The van der Waals surface area contributed by atoms with Gasteiger partial charge in [-0.2, -0.15) is 0 Å². The molecule has 1 fully saturated rings. The van der Waals surface area contributed by atoms with E-state index in [2.05, 4.69) is 57.2 Å². The molecule has 24 nitrogen and oxygen atoms in total. The highest BCUT2D eigenvalue weighted by atomic mass is 33.1. The second-order valence-corrected chi connectivity index (χ2v) is 19.1. The van der Waals surface area contributed by atoms with Crippen molar-refractivity contribution in [2.75, 3.05) is 18.1 Å². The Morgan fingerprint density at radius 3 is 1.92 bits per heavy atom. The minimum Gasteiger partial charge on any atom is -0.481 e. The first kappa shape index (κ1) is 54.3. The summed E-state index contributed by atoms with van der Waals surface area (Å²) in [6.07, 6.45) is 3.04. The normalized spacial score (nSPS) is 22.4. The average molecular weight is 1020 g/mol. The average Bonchev–Trinajstić information content (AvgIpc) is 4.00. The number of aliphatic carboxylic acids is 1. The quantitative estimate of drug-likeness (QED) is 0.0269. The summed E-state index contributed by atoms with van der Waals surface area (Å²) in [5, 5.41) is 28.8. The van der Waals surface area contributed by atoms with Gasteiger partial charge in [0.1, 0.15) is 42.3 Å². The summed E-state index contributed by atoms with van der Waals surface area (Å²) in [4.78, 5) is 137. The van der Waals surface area contributed by atoms with Crippen LogP contribution in [0.1, 0.15) is 49.4 Å². The van der Waals surface area contributed by atoms with Gasteiger partial charge in [0.15, 0.2) is 5.96 Å². The standard InChI is InChI=1S/C45H58N14O10S2/c1-24(60)53-36-22-71-70-21-35(38(46)63)59-42(67)33(17-26-19-51-29-11-6-5-10-28(26)29)57-39(64)30(12-7-15-50-45(47)48)54-41(66)32(16-25-8-3-2-4-9-25)56-43(68)34(18-27-20-49-23-52-27)58-40(65)31(55-44(36)69)13-14-37(61)62/h2-6,8-11,19-20,23,30-36,51H,7,12-18,21-22H2,1H3,(H2,46,63)(H,49,52)(H,53,60)(H,54,66)(H,55,69)(H,56,68)(H,57,64)(H,58,65)(H,59,67)(H,61,62)(H4,47,48,50)/t30-,31+,32+,33+,34-,35+,36+/m1/s1. The third-order valence-electron chi connectivity index (χ3n) is 11.0. The summed E-state index contributed by atoms with van der Waals surface area (Å²) in [7, 11) is 2.03. The van der Waals surface area contributed by atoms with Crippen molar-refractivity contribution in [2.24, 2.45) is 22.2 Å².